The van der Waals surface area contributed by atoms with Crippen LogP contribution in [0.4, 0.5) is 5.69 Å². The molecule has 5 nitrogen and oxygen atoms in total. The maximum Gasteiger partial charge on any atom is 0.316 e. The van der Waals surface area contributed by atoms with E-state index in [0.717, 1.165) is 22.9 Å². The first kappa shape index (κ1) is 17.9. The zero-order valence-electron chi connectivity index (χ0n) is 13.7. The van der Waals surface area contributed by atoms with Crippen molar-refractivity contribution in [2.24, 2.45) is 0 Å². The molecule has 1 aliphatic rings. The molecule has 0 heterocycles. The van der Waals surface area contributed by atoms with Crippen molar-refractivity contribution in [3.05, 3.63) is 58.6 Å². The Balaban J connectivity index is 1.77. The van der Waals surface area contributed by atoms with Gasteiger partial charge in [-0.15, -0.1) is 0 Å². The van der Waals surface area contributed by atoms with Crippen LogP contribution in [0.15, 0.2) is 57.9 Å². The molecule has 2 aromatic rings. The minimum Gasteiger partial charge on any atom is -0.465 e. The maximum absolute atomic E-state index is 12.4. The van der Waals surface area contributed by atoms with Crippen molar-refractivity contribution in [3.63, 3.8) is 0 Å². The van der Waals surface area contributed by atoms with Crippen LogP contribution < -0.4 is 4.72 Å². The largest absolute Gasteiger partial charge is 0.465 e. The predicted octanol–water partition coefficient (Wildman–Crippen LogP) is 3.84. The number of nitrogens with one attached hydrogen (secondary N) is 1. The van der Waals surface area contributed by atoms with Gasteiger partial charge in [-0.25, -0.2) is 8.42 Å². The first-order valence-electron chi connectivity index (χ1n) is 7.93. The fourth-order valence-electron chi connectivity index (χ4n) is 2.69. The van der Waals surface area contributed by atoms with Gasteiger partial charge in [0.15, 0.2) is 0 Å². The molecule has 0 aliphatic heterocycles. The highest BCUT2D eigenvalue weighted by molar-refractivity contribution is 9.10. The van der Waals surface area contributed by atoms with Crippen LogP contribution in [0.3, 0.4) is 0 Å². The smallest absolute Gasteiger partial charge is 0.316 e. The zero-order valence-corrected chi connectivity index (χ0v) is 16.1. The Labute approximate surface area is 155 Å². The molecule has 0 radical (unpaired) electrons. The van der Waals surface area contributed by atoms with Crippen LogP contribution in [-0.2, 0) is 25.0 Å². The van der Waals surface area contributed by atoms with E-state index < -0.39 is 15.4 Å². The van der Waals surface area contributed by atoms with Gasteiger partial charge in [-0.3, -0.25) is 9.52 Å². The lowest BCUT2D eigenvalue weighted by atomic mass is 9.96. The van der Waals surface area contributed by atoms with Gasteiger partial charge >= 0.3 is 5.97 Å². The number of hydrogen-bond donors (Lipinski definition) is 1. The number of halogens is 1. The van der Waals surface area contributed by atoms with Gasteiger partial charge in [0.1, 0.15) is 0 Å². The van der Waals surface area contributed by atoms with Crippen LogP contribution >= 0.6 is 15.9 Å². The normalized spacial score (nSPS) is 15.4. The second-order valence-corrected chi connectivity index (χ2v) is 8.54. The van der Waals surface area contributed by atoms with Gasteiger partial charge < -0.3 is 4.74 Å². The molecule has 3 rings (SSSR count). The number of anilines is 1. The van der Waals surface area contributed by atoms with Crippen LogP contribution in [-0.4, -0.2) is 21.0 Å². The second-order valence-electron chi connectivity index (χ2n) is 5.94. The van der Waals surface area contributed by atoms with E-state index in [9.17, 15) is 13.2 Å². The van der Waals surface area contributed by atoms with E-state index >= 15 is 0 Å². The second kappa shape index (κ2) is 6.80. The Morgan fingerprint density at radius 3 is 2.24 bits per heavy atom. The van der Waals surface area contributed by atoms with Gasteiger partial charge in [0.2, 0.25) is 0 Å². The molecule has 0 amide bonds. The van der Waals surface area contributed by atoms with Crippen molar-refractivity contribution >= 4 is 37.6 Å². The number of carbonyl (C=O) groups is 1. The highest BCUT2D eigenvalue weighted by atomic mass is 79.9. The molecule has 1 N–H and O–H groups in total. The Bertz CT molecular complexity index is 872. The van der Waals surface area contributed by atoms with Crippen LogP contribution in [0.5, 0.6) is 0 Å². The third-order valence-corrected chi connectivity index (χ3v) is 6.16. The quantitative estimate of drug-likeness (QED) is 0.716. The first-order chi connectivity index (χ1) is 11.9. The SMILES string of the molecule is CCOC(=O)C1(c2ccc(NS(=O)(=O)c3ccc(Br)cc3)cc2)CC1. The standard InChI is InChI=1S/C18H18BrNO4S/c1-2-24-17(21)18(11-12-18)13-3-7-15(8-4-13)20-25(22,23)16-9-5-14(19)6-10-16/h3-10,20H,2,11-12H2,1H3. The number of esters is 1. The summed E-state index contributed by atoms with van der Waals surface area (Å²) in [6.07, 6.45) is 1.52. The summed E-state index contributed by atoms with van der Waals surface area (Å²) in [4.78, 5) is 12.3. The Kier molecular flexibility index (Phi) is 4.88. The number of hydrogen-bond acceptors (Lipinski definition) is 4. The Hall–Kier alpha value is -1.86. The van der Waals surface area contributed by atoms with Gasteiger partial charge in [0.25, 0.3) is 10.0 Å². The fourth-order valence-corrected chi connectivity index (χ4v) is 4.01. The molecule has 0 unspecified atom stereocenters. The molecule has 0 bridgehead atoms. The maximum atomic E-state index is 12.4. The van der Waals surface area contributed by atoms with E-state index in [1.807, 2.05) is 0 Å². The summed E-state index contributed by atoms with van der Waals surface area (Å²) >= 11 is 3.28. The van der Waals surface area contributed by atoms with Gasteiger partial charge in [-0.05, 0) is 61.7 Å². The monoisotopic (exact) mass is 423 g/mol. The lowest BCUT2D eigenvalue weighted by Crippen LogP contribution is -2.23. The van der Waals surface area contributed by atoms with Gasteiger partial charge in [0, 0.05) is 10.2 Å². The predicted molar refractivity (Wildman–Crippen MR) is 98.9 cm³/mol. The molecule has 25 heavy (non-hydrogen) atoms. The van der Waals surface area contributed by atoms with E-state index in [0.29, 0.717) is 12.3 Å². The average molecular weight is 424 g/mol. The van der Waals surface area contributed by atoms with E-state index in [1.165, 1.54) is 12.1 Å². The van der Waals surface area contributed by atoms with E-state index in [-0.39, 0.29) is 10.9 Å². The zero-order chi connectivity index (χ0) is 18.1. The van der Waals surface area contributed by atoms with Crippen molar-refractivity contribution in [1.29, 1.82) is 0 Å². The number of rotatable bonds is 6. The molecular weight excluding hydrogens is 406 g/mol. The highest BCUT2D eigenvalue weighted by Crippen LogP contribution is 2.49. The molecule has 1 saturated carbocycles. The average Bonchev–Trinajstić information content (AvgIpc) is 3.38. The van der Waals surface area contributed by atoms with Crippen LogP contribution in [0, 0.1) is 0 Å². The summed E-state index contributed by atoms with van der Waals surface area (Å²) in [6, 6.07) is 13.3. The Morgan fingerprint density at radius 2 is 1.72 bits per heavy atom. The topological polar surface area (TPSA) is 72.5 Å². The van der Waals surface area contributed by atoms with E-state index in [1.54, 1.807) is 43.3 Å². The summed E-state index contributed by atoms with van der Waals surface area (Å²) in [5, 5.41) is 0. The summed E-state index contributed by atoms with van der Waals surface area (Å²) in [5.41, 5.74) is 0.753. The van der Waals surface area contributed by atoms with Gasteiger partial charge in [-0.2, -0.15) is 0 Å². The molecule has 0 aromatic heterocycles. The Morgan fingerprint density at radius 1 is 1.12 bits per heavy atom. The molecule has 132 valence electrons. The number of benzene rings is 2. The molecule has 2 aromatic carbocycles. The lowest BCUT2D eigenvalue weighted by Gasteiger charge is -2.15. The van der Waals surface area contributed by atoms with Crippen molar-refractivity contribution in [2.45, 2.75) is 30.1 Å². The lowest BCUT2D eigenvalue weighted by molar-refractivity contribution is -0.146. The summed E-state index contributed by atoms with van der Waals surface area (Å²) in [5.74, 6) is -0.210. The van der Waals surface area contributed by atoms with E-state index in [4.69, 9.17) is 4.74 Å². The minimum atomic E-state index is -3.65. The number of ether oxygens (including phenoxy) is 1. The van der Waals surface area contributed by atoms with Crippen molar-refractivity contribution in [2.75, 3.05) is 11.3 Å². The van der Waals surface area contributed by atoms with E-state index in [2.05, 4.69) is 20.7 Å². The van der Waals surface area contributed by atoms with Crippen LogP contribution in [0.25, 0.3) is 0 Å². The summed E-state index contributed by atoms with van der Waals surface area (Å²) in [7, 11) is -3.65. The third kappa shape index (κ3) is 3.72. The number of carbonyl (C=O) groups excluding carboxylic acids is 1. The van der Waals surface area contributed by atoms with Crippen molar-refractivity contribution < 1.29 is 17.9 Å². The molecule has 0 spiro atoms. The number of sulfonamides is 1. The summed E-state index contributed by atoms with van der Waals surface area (Å²) in [6.45, 7) is 2.14. The molecule has 7 heteroatoms. The fraction of sp³-hybridized carbons (Fsp3) is 0.278. The third-order valence-electron chi connectivity index (χ3n) is 4.23. The molecule has 1 fully saturated rings. The molecule has 0 saturated heterocycles. The van der Waals surface area contributed by atoms with Crippen molar-refractivity contribution in [3.8, 4) is 0 Å². The molecule has 0 atom stereocenters. The molecule has 1 aliphatic carbocycles. The van der Waals surface area contributed by atoms with Crippen LogP contribution in [0.1, 0.15) is 25.3 Å². The summed E-state index contributed by atoms with van der Waals surface area (Å²) < 4.78 is 33.3. The van der Waals surface area contributed by atoms with Crippen molar-refractivity contribution in [1.82, 2.24) is 0 Å². The molecular formula is C18H18BrNO4S. The minimum absolute atomic E-state index is 0.185. The first-order valence-corrected chi connectivity index (χ1v) is 10.2. The van der Waals surface area contributed by atoms with Gasteiger partial charge in [-0.1, -0.05) is 28.1 Å². The highest BCUT2D eigenvalue weighted by Gasteiger charge is 2.52. The van der Waals surface area contributed by atoms with Gasteiger partial charge in [0.05, 0.1) is 16.9 Å². The van der Waals surface area contributed by atoms with Crippen LogP contribution in [0.2, 0.25) is 0 Å².